The maximum Gasteiger partial charge on any atom is 0.137 e. The van der Waals surface area contributed by atoms with Crippen molar-refractivity contribution in [3.05, 3.63) is 53.0 Å². The van der Waals surface area contributed by atoms with Crippen molar-refractivity contribution >= 4 is 11.5 Å². The van der Waals surface area contributed by atoms with Crippen LogP contribution < -0.4 is 10.6 Å². The lowest BCUT2D eigenvalue weighted by molar-refractivity contribution is 0.627. The molecule has 4 heteroatoms. The number of hydrogen-bond donors (Lipinski definition) is 1. The summed E-state index contributed by atoms with van der Waals surface area (Å²) in [7, 11) is 1.91. The van der Waals surface area contributed by atoms with Gasteiger partial charge in [0, 0.05) is 30.5 Å². The van der Waals surface area contributed by atoms with Crippen LogP contribution in [0.5, 0.6) is 0 Å². The second-order valence-electron chi connectivity index (χ2n) is 5.53. The standard InChI is InChI=1S/C17H20FN3/c1-21(15-7-4-6-14(18)10-15)17-13(11-19)9-12-5-2-3-8-16(12)20-17/h4,6-7,9-10H,2-3,5,8,11,19H2,1H3. The number of fused-ring (bicyclic) bond motifs is 1. The van der Waals surface area contributed by atoms with Crippen molar-refractivity contribution in [2.45, 2.75) is 32.2 Å². The van der Waals surface area contributed by atoms with Crippen molar-refractivity contribution in [3.63, 3.8) is 0 Å². The van der Waals surface area contributed by atoms with Gasteiger partial charge in [-0.05, 0) is 55.5 Å². The van der Waals surface area contributed by atoms with Gasteiger partial charge in [-0.1, -0.05) is 6.07 Å². The summed E-state index contributed by atoms with van der Waals surface area (Å²) in [4.78, 5) is 6.73. The molecule has 0 unspecified atom stereocenters. The molecule has 3 rings (SSSR count). The van der Waals surface area contributed by atoms with Crippen molar-refractivity contribution in [2.75, 3.05) is 11.9 Å². The summed E-state index contributed by atoms with van der Waals surface area (Å²) in [5.41, 5.74) is 10.2. The molecule has 1 aliphatic rings. The fraction of sp³-hybridized carbons (Fsp3) is 0.353. The lowest BCUT2D eigenvalue weighted by atomic mass is 9.94. The van der Waals surface area contributed by atoms with Crippen LogP contribution in [0.4, 0.5) is 15.9 Å². The van der Waals surface area contributed by atoms with E-state index < -0.39 is 0 Å². The summed E-state index contributed by atoms with van der Waals surface area (Å²) in [5.74, 6) is 0.593. The molecule has 0 spiro atoms. The Balaban J connectivity index is 2.04. The molecule has 0 atom stereocenters. The molecule has 1 aromatic carbocycles. The van der Waals surface area contributed by atoms with Gasteiger partial charge in [-0.3, -0.25) is 0 Å². The van der Waals surface area contributed by atoms with Gasteiger partial charge < -0.3 is 10.6 Å². The molecule has 0 amide bonds. The van der Waals surface area contributed by atoms with Gasteiger partial charge in [0.2, 0.25) is 0 Å². The Morgan fingerprint density at radius 3 is 2.81 bits per heavy atom. The number of aryl methyl sites for hydroxylation is 2. The first kappa shape index (κ1) is 14.0. The van der Waals surface area contributed by atoms with E-state index in [1.165, 1.54) is 30.5 Å². The van der Waals surface area contributed by atoms with Crippen molar-refractivity contribution in [2.24, 2.45) is 5.73 Å². The topological polar surface area (TPSA) is 42.2 Å². The summed E-state index contributed by atoms with van der Waals surface area (Å²) >= 11 is 0. The average Bonchev–Trinajstić information content (AvgIpc) is 2.53. The summed E-state index contributed by atoms with van der Waals surface area (Å²) in [6.07, 6.45) is 4.51. The van der Waals surface area contributed by atoms with Crippen molar-refractivity contribution in [1.82, 2.24) is 4.98 Å². The number of benzene rings is 1. The zero-order valence-electron chi connectivity index (χ0n) is 12.3. The van der Waals surface area contributed by atoms with Crippen LogP contribution in [0, 0.1) is 5.82 Å². The molecule has 1 aromatic heterocycles. The van der Waals surface area contributed by atoms with Crippen LogP contribution in [-0.2, 0) is 19.4 Å². The van der Waals surface area contributed by atoms with Gasteiger partial charge in [0.05, 0.1) is 0 Å². The highest BCUT2D eigenvalue weighted by molar-refractivity contribution is 5.63. The summed E-state index contributed by atoms with van der Waals surface area (Å²) in [5, 5.41) is 0. The highest BCUT2D eigenvalue weighted by Gasteiger charge is 2.17. The second kappa shape index (κ2) is 5.82. The van der Waals surface area contributed by atoms with E-state index in [1.807, 2.05) is 18.0 Å². The number of nitrogens with two attached hydrogens (primary N) is 1. The van der Waals surface area contributed by atoms with E-state index in [2.05, 4.69) is 6.07 Å². The molecular formula is C17H20FN3. The van der Waals surface area contributed by atoms with Gasteiger partial charge in [-0.25, -0.2) is 9.37 Å². The number of anilines is 2. The number of pyridine rings is 1. The van der Waals surface area contributed by atoms with Crippen LogP contribution >= 0.6 is 0 Å². The number of aromatic nitrogens is 1. The second-order valence-corrected chi connectivity index (χ2v) is 5.53. The first-order valence-electron chi connectivity index (χ1n) is 7.40. The minimum Gasteiger partial charge on any atom is -0.329 e. The monoisotopic (exact) mass is 285 g/mol. The third-order valence-electron chi connectivity index (χ3n) is 4.09. The number of nitrogens with zero attached hydrogens (tertiary/aromatic N) is 2. The maximum atomic E-state index is 13.4. The first-order valence-corrected chi connectivity index (χ1v) is 7.40. The lowest BCUT2D eigenvalue weighted by Crippen LogP contribution is -2.18. The minimum absolute atomic E-state index is 0.244. The Morgan fingerprint density at radius 1 is 1.24 bits per heavy atom. The third kappa shape index (κ3) is 2.76. The highest BCUT2D eigenvalue weighted by Crippen LogP contribution is 2.30. The fourth-order valence-corrected chi connectivity index (χ4v) is 2.92. The van der Waals surface area contributed by atoms with E-state index in [0.717, 1.165) is 35.6 Å². The number of halogens is 1. The Kier molecular flexibility index (Phi) is 3.88. The SMILES string of the molecule is CN(c1cccc(F)c1)c1nc2c(cc1CN)CCCC2. The molecule has 0 aliphatic heterocycles. The van der Waals surface area contributed by atoms with E-state index >= 15 is 0 Å². The highest BCUT2D eigenvalue weighted by atomic mass is 19.1. The zero-order chi connectivity index (χ0) is 14.8. The number of hydrogen-bond acceptors (Lipinski definition) is 3. The van der Waals surface area contributed by atoms with Gasteiger partial charge in [-0.15, -0.1) is 0 Å². The normalized spacial score (nSPS) is 13.9. The Labute approximate surface area is 124 Å². The molecule has 2 aromatic rings. The van der Waals surface area contributed by atoms with Crippen LogP contribution in [0.25, 0.3) is 0 Å². The van der Waals surface area contributed by atoms with Gasteiger partial charge in [0.15, 0.2) is 0 Å². The van der Waals surface area contributed by atoms with Crippen LogP contribution in [0.3, 0.4) is 0 Å². The molecular weight excluding hydrogens is 265 g/mol. The maximum absolute atomic E-state index is 13.4. The molecule has 0 saturated carbocycles. The van der Waals surface area contributed by atoms with Crippen molar-refractivity contribution in [3.8, 4) is 0 Å². The quantitative estimate of drug-likeness (QED) is 0.940. The van der Waals surface area contributed by atoms with E-state index in [-0.39, 0.29) is 5.82 Å². The average molecular weight is 285 g/mol. The molecule has 110 valence electrons. The molecule has 3 nitrogen and oxygen atoms in total. The third-order valence-corrected chi connectivity index (χ3v) is 4.09. The van der Waals surface area contributed by atoms with E-state index in [1.54, 1.807) is 6.07 Å². The molecule has 0 bridgehead atoms. The molecule has 0 radical (unpaired) electrons. The minimum atomic E-state index is -0.244. The van der Waals surface area contributed by atoms with Crippen molar-refractivity contribution < 1.29 is 4.39 Å². The summed E-state index contributed by atoms with van der Waals surface area (Å²) in [6, 6.07) is 8.72. The van der Waals surface area contributed by atoms with Crippen molar-refractivity contribution in [1.29, 1.82) is 0 Å². The predicted molar refractivity (Wildman–Crippen MR) is 83.2 cm³/mol. The van der Waals surface area contributed by atoms with Gasteiger partial charge >= 0.3 is 0 Å². The van der Waals surface area contributed by atoms with E-state index in [9.17, 15) is 4.39 Å². The molecule has 1 heterocycles. The lowest BCUT2D eigenvalue weighted by Gasteiger charge is -2.24. The van der Waals surface area contributed by atoms with Gasteiger partial charge in [-0.2, -0.15) is 0 Å². The van der Waals surface area contributed by atoms with E-state index in [4.69, 9.17) is 10.7 Å². The Bertz CT molecular complexity index is 654. The molecule has 21 heavy (non-hydrogen) atoms. The van der Waals surface area contributed by atoms with Crippen LogP contribution in [0.2, 0.25) is 0 Å². The zero-order valence-corrected chi connectivity index (χ0v) is 12.3. The number of rotatable bonds is 3. The Morgan fingerprint density at radius 2 is 2.05 bits per heavy atom. The van der Waals surface area contributed by atoms with Gasteiger partial charge in [0.1, 0.15) is 11.6 Å². The first-order chi connectivity index (χ1) is 10.2. The van der Waals surface area contributed by atoms with E-state index in [0.29, 0.717) is 6.54 Å². The fourth-order valence-electron chi connectivity index (χ4n) is 2.92. The molecule has 1 aliphatic carbocycles. The van der Waals surface area contributed by atoms with Crippen LogP contribution in [0.15, 0.2) is 30.3 Å². The summed E-state index contributed by atoms with van der Waals surface area (Å²) < 4.78 is 13.4. The smallest absolute Gasteiger partial charge is 0.137 e. The van der Waals surface area contributed by atoms with Crippen LogP contribution in [-0.4, -0.2) is 12.0 Å². The predicted octanol–water partition coefficient (Wildman–Crippen LogP) is 3.33. The summed E-state index contributed by atoms with van der Waals surface area (Å²) in [6.45, 7) is 0.440. The largest absolute Gasteiger partial charge is 0.329 e. The van der Waals surface area contributed by atoms with Gasteiger partial charge in [0.25, 0.3) is 0 Å². The van der Waals surface area contributed by atoms with Crippen LogP contribution in [0.1, 0.15) is 29.7 Å². The molecule has 0 saturated heterocycles. The molecule has 0 fully saturated rings. The molecule has 2 N–H and O–H groups in total. The Hall–Kier alpha value is -1.94.